The fourth-order valence-corrected chi connectivity index (χ4v) is 3.15. The summed E-state index contributed by atoms with van der Waals surface area (Å²) in [6, 6.07) is 0.292. The van der Waals surface area contributed by atoms with Gasteiger partial charge in [-0.2, -0.15) is 0 Å². The minimum absolute atomic E-state index is 0.148. The lowest BCUT2D eigenvalue weighted by Gasteiger charge is -2.14. The molecular weight excluding hydrogens is 252 g/mol. The van der Waals surface area contributed by atoms with Gasteiger partial charge in [-0.1, -0.05) is 11.8 Å². The Balaban J connectivity index is 1.62. The summed E-state index contributed by atoms with van der Waals surface area (Å²) < 4.78 is 1.68. The van der Waals surface area contributed by atoms with Gasteiger partial charge in [0, 0.05) is 19.1 Å². The summed E-state index contributed by atoms with van der Waals surface area (Å²) in [6.45, 7) is 1.74. The first-order valence-electron chi connectivity index (χ1n) is 6.33. The van der Waals surface area contributed by atoms with Gasteiger partial charge in [0.15, 0.2) is 5.16 Å². The predicted octanol–water partition coefficient (Wildman–Crippen LogP) is 0.621. The lowest BCUT2D eigenvalue weighted by Crippen LogP contribution is -2.29. The third kappa shape index (κ3) is 2.31. The van der Waals surface area contributed by atoms with Gasteiger partial charge in [-0.15, -0.1) is 5.10 Å². The van der Waals surface area contributed by atoms with Crippen LogP contribution in [-0.4, -0.2) is 44.4 Å². The number of H-pyrrole nitrogens is 1. The molecule has 2 aliphatic rings. The average Bonchev–Trinajstić information content (AvgIpc) is 2.92. The molecule has 0 radical (unpaired) electrons. The second-order valence-electron chi connectivity index (χ2n) is 4.79. The molecule has 1 aromatic heterocycles. The van der Waals surface area contributed by atoms with Crippen molar-refractivity contribution in [3.63, 3.8) is 0 Å². The summed E-state index contributed by atoms with van der Waals surface area (Å²) >= 11 is 1.36. The molecule has 0 bridgehead atoms. The zero-order chi connectivity index (χ0) is 12.5. The van der Waals surface area contributed by atoms with E-state index in [0.717, 1.165) is 38.8 Å². The number of amides is 1. The Morgan fingerprint density at radius 1 is 1.39 bits per heavy atom. The minimum atomic E-state index is -0.159. The van der Waals surface area contributed by atoms with E-state index in [1.54, 1.807) is 4.57 Å². The predicted molar refractivity (Wildman–Crippen MR) is 67.7 cm³/mol. The normalized spacial score (nSPS) is 19.4. The summed E-state index contributed by atoms with van der Waals surface area (Å²) in [7, 11) is 0. The maximum Gasteiger partial charge on any atom is 0.344 e. The van der Waals surface area contributed by atoms with Crippen LogP contribution in [0.25, 0.3) is 0 Å². The number of thioether (sulfide) groups is 1. The van der Waals surface area contributed by atoms with E-state index in [4.69, 9.17) is 0 Å². The van der Waals surface area contributed by atoms with Crippen LogP contribution in [0.2, 0.25) is 0 Å². The van der Waals surface area contributed by atoms with Gasteiger partial charge in [0.2, 0.25) is 5.91 Å². The number of aromatic amines is 1. The van der Waals surface area contributed by atoms with Gasteiger partial charge in [0.25, 0.3) is 0 Å². The first-order chi connectivity index (χ1) is 8.75. The molecule has 0 spiro atoms. The first kappa shape index (κ1) is 11.8. The SMILES string of the molecule is O=C(CSc1n[nH]c(=O)n1C1CC1)N1CCCC1. The van der Waals surface area contributed by atoms with E-state index in [9.17, 15) is 9.59 Å². The molecule has 0 atom stereocenters. The maximum absolute atomic E-state index is 11.9. The third-order valence-corrected chi connectivity index (χ3v) is 4.31. The largest absolute Gasteiger partial charge is 0.344 e. The monoisotopic (exact) mass is 268 g/mol. The van der Waals surface area contributed by atoms with Crippen LogP contribution in [-0.2, 0) is 4.79 Å². The third-order valence-electron chi connectivity index (χ3n) is 3.37. The van der Waals surface area contributed by atoms with Gasteiger partial charge < -0.3 is 4.90 Å². The summed E-state index contributed by atoms with van der Waals surface area (Å²) in [5, 5.41) is 7.10. The molecule has 1 saturated heterocycles. The highest BCUT2D eigenvalue weighted by atomic mass is 32.2. The van der Waals surface area contributed by atoms with E-state index in [1.807, 2.05) is 4.90 Å². The molecule has 1 amide bonds. The molecule has 18 heavy (non-hydrogen) atoms. The molecule has 6 nitrogen and oxygen atoms in total. The average molecular weight is 268 g/mol. The number of nitrogens with zero attached hydrogens (tertiary/aromatic N) is 3. The van der Waals surface area contributed by atoms with Crippen molar-refractivity contribution in [1.29, 1.82) is 0 Å². The molecule has 3 rings (SSSR count). The summed E-state index contributed by atoms with van der Waals surface area (Å²) in [6.07, 6.45) is 4.28. The Bertz CT molecular complexity index is 499. The zero-order valence-electron chi connectivity index (χ0n) is 10.1. The number of nitrogens with one attached hydrogen (secondary N) is 1. The Morgan fingerprint density at radius 2 is 2.11 bits per heavy atom. The highest BCUT2D eigenvalue weighted by Gasteiger charge is 2.29. The quantitative estimate of drug-likeness (QED) is 0.813. The molecule has 1 aliphatic carbocycles. The number of hydrogen-bond acceptors (Lipinski definition) is 4. The van der Waals surface area contributed by atoms with Crippen LogP contribution < -0.4 is 5.69 Å². The van der Waals surface area contributed by atoms with Crippen molar-refractivity contribution in [2.45, 2.75) is 36.9 Å². The van der Waals surface area contributed by atoms with Crippen molar-refractivity contribution in [2.75, 3.05) is 18.8 Å². The van der Waals surface area contributed by atoms with E-state index >= 15 is 0 Å². The second kappa shape index (κ2) is 4.79. The fourth-order valence-electron chi connectivity index (χ4n) is 2.23. The van der Waals surface area contributed by atoms with Crippen LogP contribution >= 0.6 is 11.8 Å². The molecule has 1 aliphatic heterocycles. The van der Waals surface area contributed by atoms with Crippen molar-refractivity contribution in [3.8, 4) is 0 Å². The second-order valence-corrected chi connectivity index (χ2v) is 5.73. The molecule has 0 aromatic carbocycles. The van der Waals surface area contributed by atoms with Crippen LogP contribution in [0.5, 0.6) is 0 Å². The van der Waals surface area contributed by atoms with E-state index in [-0.39, 0.29) is 11.6 Å². The van der Waals surface area contributed by atoms with Crippen LogP contribution in [0, 0.1) is 0 Å². The Hall–Kier alpha value is -1.24. The number of likely N-dealkylation sites (tertiary alicyclic amines) is 1. The van der Waals surface area contributed by atoms with Gasteiger partial charge >= 0.3 is 5.69 Å². The molecule has 1 N–H and O–H groups in total. The number of carbonyl (C=O) groups is 1. The van der Waals surface area contributed by atoms with Crippen LogP contribution in [0.3, 0.4) is 0 Å². The summed E-state index contributed by atoms with van der Waals surface area (Å²) in [5.74, 6) is 0.520. The molecule has 98 valence electrons. The minimum Gasteiger partial charge on any atom is -0.342 e. The molecule has 1 saturated carbocycles. The van der Waals surface area contributed by atoms with Crippen molar-refractivity contribution in [1.82, 2.24) is 19.7 Å². The van der Waals surface area contributed by atoms with Gasteiger partial charge in [-0.3, -0.25) is 9.36 Å². The number of carbonyl (C=O) groups excluding carboxylic acids is 1. The Kier molecular flexibility index (Phi) is 3.15. The highest BCUT2D eigenvalue weighted by Crippen LogP contribution is 2.36. The molecule has 2 heterocycles. The van der Waals surface area contributed by atoms with E-state index in [2.05, 4.69) is 10.2 Å². The zero-order valence-corrected chi connectivity index (χ0v) is 10.9. The van der Waals surface area contributed by atoms with Gasteiger partial charge in [0.1, 0.15) is 0 Å². The van der Waals surface area contributed by atoms with Crippen LogP contribution in [0.1, 0.15) is 31.7 Å². The summed E-state index contributed by atoms with van der Waals surface area (Å²) in [4.78, 5) is 25.3. The van der Waals surface area contributed by atoms with Crippen molar-refractivity contribution in [3.05, 3.63) is 10.5 Å². The van der Waals surface area contributed by atoms with Crippen molar-refractivity contribution >= 4 is 17.7 Å². The first-order valence-corrected chi connectivity index (χ1v) is 7.32. The van der Waals surface area contributed by atoms with E-state index in [0.29, 0.717) is 17.0 Å². The van der Waals surface area contributed by atoms with Crippen LogP contribution in [0.4, 0.5) is 0 Å². The van der Waals surface area contributed by atoms with Gasteiger partial charge in [-0.25, -0.2) is 9.89 Å². The topological polar surface area (TPSA) is 71.0 Å². The molecular formula is C11H16N4O2S. The molecule has 2 fully saturated rings. The number of rotatable bonds is 4. The lowest BCUT2D eigenvalue weighted by atomic mass is 10.4. The smallest absolute Gasteiger partial charge is 0.342 e. The standard InChI is InChI=1S/C11H16N4O2S/c16-9(14-5-1-2-6-14)7-18-11-13-12-10(17)15(11)8-3-4-8/h8H,1-7H2,(H,12,17). The van der Waals surface area contributed by atoms with Crippen LogP contribution in [0.15, 0.2) is 9.95 Å². The number of aromatic nitrogens is 3. The number of hydrogen-bond donors (Lipinski definition) is 1. The van der Waals surface area contributed by atoms with Crippen molar-refractivity contribution in [2.24, 2.45) is 0 Å². The van der Waals surface area contributed by atoms with Gasteiger partial charge in [0.05, 0.1) is 5.75 Å². The molecule has 0 unspecified atom stereocenters. The van der Waals surface area contributed by atoms with E-state index in [1.165, 1.54) is 11.8 Å². The highest BCUT2D eigenvalue weighted by molar-refractivity contribution is 7.99. The Morgan fingerprint density at radius 3 is 2.78 bits per heavy atom. The summed E-state index contributed by atoms with van der Waals surface area (Å²) in [5.41, 5.74) is -0.159. The lowest BCUT2D eigenvalue weighted by molar-refractivity contribution is -0.127. The molecule has 1 aromatic rings. The Labute approximate surface area is 109 Å². The fraction of sp³-hybridized carbons (Fsp3) is 0.727. The molecule has 7 heteroatoms. The van der Waals surface area contributed by atoms with Crippen molar-refractivity contribution < 1.29 is 4.79 Å². The van der Waals surface area contributed by atoms with Gasteiger partial charge in [-0.05, 0) is 25.7 Å². The maximum atomic E-state index is 11.9. The van der Waals surface area contributed by atoms with E-state index < -0.39 is 0 Å².